The number of nitrogens with one attached hydrogen (secondary N) is 3. The van der Waals surface area contributed by atoms with E-state index in [1.807, 2.05) is 12.1 Å². The average molecular weight is 434 g/mol. The van der Waals surface area contributed by atoms with E-state index in [1.165, 1.54) is 0 Å². The standard InChI is InChI=1S/C25H14N4O4/c1-27-15-7-13-17-11(23(31)29-25(13)33)4-2-8-18-14(26)6-12-16-10(22(30)28-24(12)32)5-3-9(20(16)18)19(15)21(8)17/h2-7,27H,26H2,1H3,(H,28,30,32)(H,29,31,33). The van der Waals surface area contributed by atoms with Crippen LogP contribution < -0.4 is 21.7 Å². The first-order chi connectivity index (χ1) is 15.9. The second kappa shape index (κ2) is 5.55. The van der Waals surface area contributed by atoms with Crippen LogP contribution in [0.25, 0.3) is 43.1 Å². The molecule has 8 heteroatoms. The van der Waals surface area contributed by atoms with Gasteiger partial charge in [-0.3, -0.25) is 29.8 Å². The maximum absolute atomic E-state index is 12.7. The summed E-state index contributed by atoms with van der Waals surface area (Å²) in [5, 5.41) is 13.5. The van der Waals surface area contributed by atoms with Gasteiger partial charge in [-0.2, -0.15) is 0 Å². The molecular formula is C25H14N4O4. The van der Waals surface area contributed by atoms with E-state index in [0.717, 1.165) is 21.5 Å². The van der Waals surface area contributed by atoms with Crippen LogP contribution in [0.5, 0.6) is 0 Å². The minimum Gasteiger partial charge on any atom is -0.398 e. The molecule has 2 aliphatic rings. The van der Waals surface area contributed by atoms with Gasteiger partial charge in [-0.25, -0.2) is 0 Å². The quantitative estimate of drug-likeness (QED) is 0.139. The summed E-state index contributed by atoms with van der Waals surface area (Å²) in [5.41, 5.74) is 9.13. The van der Waals surface area contributed by atoms with Crippen LogP contribution in [0.1, 0.15) is 41.4 Å². The third kappa shape index (κ3) is 1.92. The van der Waals surface area contributed by atoms with Crippen LogP contribution in [0, 0.1) is 0 Å². The molecule has 0 spiro atoms. The molecule has 4 amide bonds. The Bertz CT molecular complexity index is 1840. The minimum atomic E-state index is -0.491. The molecule has 158 valence electrons. The maximum Gasteiger partial charge on any atom is 0.258 e. The third-order valence-corrected chi connectivity index (χ3v) is 6.84. The number of carbonyl (C=O) groups is 4. The van der Waals surface area contributed by atoms with Crippen molar-refractivity contribution in [1.82, 2.24) is 10.6 Å². The van der Waals surface area contributed by atoms with Gasteiger partial charge in [0.15, 0.2) is 0 Å². The van der Waals surface area contributed by atoms with Gasteiger partial charge < -0.3 is 11.1 Å². The maximum atomic E-state index is 12.7. The van der Waals surface area contributed by atoms with Gasteiger partial charge in [0.25, 0.3) is 23.6 Å². The molecule has 0 aliphatic carbocycles. The molecule has 0 aromatic heterocycles. The summed E-state index contributed by atoms with van der Waals surface area (Å²) in [6.45, 7) is 0. The van der Waals surface area contributed by atoms with E-state index >= 15 is 0 Å². The number of hydrogen-bond donors (Lipinski definition) is 4. The summed E-state index contributed by atoms with van der Waals surface area (Å²) in [6.07, 6.45) is 0. The zero-order valence-electron chi connectivity index (χ0n) is 17.2. The van der Waals surface area contributed by atoms with Gasteiger partial charge >= 0.3 is 0 Å². The Morgan fingerprint density at radius 3 is 1.67 bits per heavy atom. The summed E-state index contributed by atoms with van der Waals surface area (Å²) in [6, 6.07) is 10.3. The molecule has 5 aromatic carbocycles. The first-order valence-corrected chi connectivity index (χ1v) is 10.3. The normalized spacial score (nSPS) is 15.1. The van der Waals surface area contributed by atoms with E-state index < -0.39 is 23.6 Å². The van der Waals surface area contributed by atoms with Gasteiger partial charge in [-0.05, 0) is 35.0 Å². The van der Waals surface area contributed by atoms with Gasteiger partial charge in [-0.1, -0.05) is 12.1 Å². The molecule has 0 saturated carbocycles. The molecule has 0 radical (unpaired) electrons. The molecule has 0 unspecified atom stereocenters. The number of hydrogen-bond acceptors (Lipinski definition) is 6. The molecule has 5 aromatic rings. The Balaban J connectivity index is 1.88. The molecular weight excluding hydrogens is 420 g/mol. The lowest BCUT2D eigenvalue weighted by atomic mass is 9.81. The van der Waals surface area contributed by atoms with Crippen molar-refractivity contribution in [3.05, 3.63) is 58.7 Å². The van der Waals surface area contributed by atoms with E-state index in [4.69, 9.17) is 5.73 Å². The van der Waals surface area contributed by atoms with E-state index in [-0.39, 0.29) is 0 Å². The fourth-order valence-electron chi connectivity index (χ4n) is 5.55. The topological polar surface area (TPSA) is 130 Å². The van der Waals surface area contributed by atoms with Crippen LogP contribution in [0.4, 0.5) is 11.4 Å². The molecule has 33 heavy (non-hydrogen) atoms. The van der Waals surface area contributed by atoms with Gasteiger partial charge in [0.2, 0.25) is 0 Å². The van der Waals surface area contributed by atoms with Crippen LogP contribution in [0.2, 0.25) is 0 Å². The highest BCUT2D eigenvalue weighted by Gasteiger charge is 2.32. The fourth-order valence-corrected chi connectivity index (χ4v) is 5.55. The van der Waals surface area contributed by atoms with Gasteiger partial charge in [0.1, 0.15) is 0 Å². The Labute approximate surface area is 185 Å². The summed E-state index contributed by atoms with van der Waals surface area (Å²) in [7, 11) is 1.76. The summed E-state index contributed by atoms with van der Waals surface area (Å²) < 4.78 is 0. The van der Waals surface area contributed by atoms with Crippen molar-refractivity contribution < 1.29 is 19.2 Å². The number of carbonyl (C=O) groups excluding carboxylic acids is 4. The van der Waals surface area contributed by atoms with Crippen LogP contribution in [-0.2, 0) is 0 Å². The molecule has 0 bridgehead atoms. The van der Waals surface area contributed by atoms with E-state index in [0.29, 0.717) is 55.2 Å². The zero-order valence-corrected chi connectivity index (χ0v) is 17.2. The molecule has 5 N–H and O–H groups in total. The Kier molecular flexibility index (Phi) is 3.01. The van der Waals surface area contributed by atoms with E-state index in [1.54, 1.807) is 31.3 Å². The lowest BCUT2D eigenvalue weighted by Gasteiger charge is -2.25. The monoisotopic (exact) mass is 434 g/mol. The van der Waals surface area contributed by atoms with Crippen molar-refractivity contribution in [2.45, 2.75) is 0 Å². The number of nitrogen functional groups attached to an aromatic ring is 1. The minimum absolute atomic E-state index is 0.345. The zero-order chi connectivity index (χ0) is 22.8. The number of anilines is 2. The molecule has 0 fully saturated rings. The molecule has 2 aliphatic heterocycles. The largest absolute Gasteiger partial charge is 0.398 e. The van der Waals surface area contributed by atoms with Crippen LogP contribution in [0.15, 0.2) is 36.4 Å². The number of amides is 4. The van der Waals surface area contributed by atoms with Gasteiger partial charge in [0.05, 0.1) is 11.1 Å². The van der Waals surface area contributed by atoms with Gasteiger partial charge in [-0.15, -0.1) is 0 Å². The van der Waals surface area contributed by atoms with Crippen LogP contribution >= 0.6 is 0 Å². The first kappa shape index (κ1) is 17.9. The van der Waals surface area contributed by atoms with Crippen molar-refractivity contribution in [2.75, 3.05) is 18.1 Å². The third-order valence-electron chi connectivity index (χ3n) is 6.84. The van der Waals surface area contributed by atoms with Crippen molar-refractivity contribution in [2.24, 2.45) is 0 Å². The number of fused-ring (bicyclic) bond motifs is 2. The highest BCUT2D eigenvalue weighted by molar-refractivity contribution is 6.44. The Morgan fingerprint density at radius 2 is 1.09 bits per heavy atom. The highest BCUT2D eigenvalue weighted by atomic mass is 16.2. The lowest BCUT2D eigenvalue weighted by Crippen LogP contribution is -2.35. The smallest absolute Gasteiger partial charge is 0.258 e. The predicted molar refractivity (Wildman–Crippen MR) is 125 cm³/mol. The lowest BCUT2D eigenvalue weighted by molar-refractivity contribution is 0.0828. The summed E-state index contributed by atoms with van der Waals surface area (Å²) in [4.78, 5) is 50.6. The second-order valence-corrected chi connectivity index (χ2v) is 8.37. The fraction of sp³-hybridized carbons (Fsp3) is 0.0400. The molecule has 2 heterocycles. The van der Waals surface area contributed by atoms with Crippen LogP contribution in [0.3, 0.4) is 0 Å². The van der Waals surface area contributed by atoms with Crippen LogP contribution in [-0.4, -0.2) is 30.7 Å². The Morgan fingerprint density at radius 1 is 0.606 bits per heavy atom. The van der Waals surface area contributed by atoms with Crippen molar-refractivity contribution in [3.8, 4) is 0 Å². The summed E-state index contributed by atoms with van der Waals surface area (Å²) >= 11 is 0. The molecule has 7 rings (SSSR count). The average Bonchev–Trinajstić information content (AvgIpc) is 2.80. The van der Waals surface area contributed by atoms with Crippen molar-refractivity contribution >= 4 is 78.1 Å². The molecule has 8 nitrogen and oxygen atoms in total. The second-order valence-electron chi connectivity index (χ2n) is 8.37. The number of nitrogens with two attached hydrogens (primary N) is 1. The van der Waals surface area contributed by atoms with Gasteiger partial charge in [0, 0.05) is 61.9 Å². The molecule has 0 saturated heterocycles. The van der Waals surface area contributed by atoms with Crippen molar-refractivity contribution in [3.63, 3.8) is 0 Å². The number of rotatable bonds is 1. The van der Waals surface area contributed by atoms with E-state index in [2.05, 4.69) is 16.0 Å². The summed E-state index contributed by atoms with van der Waals surface area (Å²) in [5.74, 6) is -1.86. The first-order valence-electron chi connectivity index (χ1n) is 10.3. The SMILES string of the molecule is CNc1cc2c3c(ccc4c5c(N)cc6c7c(ccc(c1c34)c75)C(=O)NC6=O)C(=O)NC2=O. The number of imide groups is 2. The number of benzene rings is 5. The van der Waals surface area contributed by atoms with E-state index in [9.17, 15) is 19.2 Å². The highest BCUT2D eigenvalue weighted by Crippen LogP contribution is 2.49. The Hall–Kier alpha value is -4.72. The molecule has 0 atom stereocenters. The van der Waals surface area contributed by atoms with Crippen molar-refractivity contribution in [1.29, 1.82) is 0 Å². The predicted octanol–water partition coefficient (Wildman–Crippen LogP) is 3.13.